The van der Waals surface area contributed by atoms with Crippen LogP contribution in [-0.4, -0.2) is 35.2 Å². The van der Waals surface area contributed by atoms with Crippen molar-refractivity contribution in [1.82, 2.24) is 20.6 Å². The molecular formula is C17H19N5O2. The number of amides is 1. The molecule has 1 aromatic carbocycles. The van der Waals surface area contributed by atoms with Crippen molar-refractivity contribution in [3.05, 3.63) is 36.0 Å². The van der Waals surface area contributed by atoms with Gasteiger partial charge in [-0.3, -0.25) is 0 Å². The predicted octanol–water partition coefficient (Wildman–Crippen LogP) is 1.91. The predicted molar refractivity (Wildman–Crippen MR) is 89.8 cm³/mol. The lowest BCUT2D eigenvalue weighted by molar-refractivity contribution is 0.194. The minimum Gasteiger partial charge on any atom is -0.410 e. The van der Waals surface area contributed by atoms with E-state index in [1.54, 1.807) is 6.20 Å². The monoisotopic (exact) mass is 325 g/mol. The molecular weight excluding hydrogens is 306 g/mol. The Hall–Kier alpha value is -2.67. The zero-order valence-electron chi connectivity index (χ0n) is 13.2. The lowest BCUT2D eigenvalue weighted by Gasteiger charge is -2.23. The molecule has 7 nitrogen and oxygen atoms in total. The second-order valence-electron chi connectivity index (χ2n) is 6.02. The highest BCUT2D eigenvalue weighted by Crippen LogP contribution is 2.28. The summed E-state index contributed by atoms with van der Waals surface area (Å²) in [6, 6.07) is 7.99. The number of rotatable bonds is 3. The van der Waals surface area contributed by atoms with Crippen LogP contribution in [0.15, 0.2) is 30.5 Å². The van der Waals surface area contributed by atoms with Gasteiger partial charge in [0.2, 0.25) is 5.95 Å². The van der Waals surface area contributed by atoms with Crippen molar-refractivity contribution in [2.45, 2.75) is 25.4 Å². The van der Waals surface area contributed by atoms with Crippen LogP contribution in [0.5, 0.6) is 5.75 Å². The average Bonchev–Trinajstić information content (AvgIpc) is 2.62. The summed E-state index contributed by atoms with van der Waals surface area (Å²) < 4.78 is 5.23. The molecule has 1 aromatic heterocycles. The van der Waals surface area contributed by atoms with Crippen LogP contribution in [0.3, 0.4) is 0 Å². The van der Waals surface area contributed by atoms with Crippen molar-refractivity contribution in [2.24, 2.45) is 0 Å². The van der Waals surface area contributed by atoms with Gasteiger partial charge < -0.3 is 20.7 Å². The molecule has 3 N–H and O–H groups in total. The normalized spacial score (nSPS) is 19.8. The first-order valence-corrected chi connectivity index (χ1v) is 8.17. The van der Waals surface area contributed by atoms with Gasteiger partial charge in [0.05, 0.1) is 5.69 Å². The molecule has 2 aromatic rings. The maximum atomic E-state index is 11.4. The van der Waals surface area contributed by atoms with E-state index in [1.807, 2.05) is 24.3 Å². The molecule has 124 valence electrons. The quantitative estimate of drug-likeness (QED) is 0.799. The summed E-state index contributed by atoms with van der Waals surface area (Å²) in [6.07, 6.45) is 3.59. The van der Waals surface area contributed by atoms with Crippen LogP contribution in [0, 0.1) is 0 Å². The van der Waals surface area contributed by atoms with Crippen LogP contribution in [0.2, 0.25) is 0 Å². The molecule has 24 heavy (non-hydrogen) atoms. The molecule has 2 aliphatic heterocycles. The van der Waals surface area contributed by atoms with Crippen LogP contribution < -0.4 is 20.7 Å². The first kappa shape index (κ1) is 14.9. The number of piperidine rings is 1. The van der Waals surface area contributed by atoms with E-state index >= 15 is 0 Å². The molecule has 1 saturated heterocycles. The SMILES string of the molecule is O=C1NCc2ccc(-c3ccnc(NC4CCCNC4)n3)cc2O1. The van der Waals surface area contributed by atoms with E-state index in [9.17, 15) is 4.79 Å². The molecule has 3 heterocycles. The highest BCUT2D eigenvalue weighted by Gasteiger charge is 2.18. The van der Waals surface area contributed by atoms with Crippen molar-refractivity contribution in [2.75, 3.05) is 18.4 Å². The fourth-order valence-electron chi connectivity index (χ4n) is 3.00. The van der Waals surface area contributed by atoms with Crippen molar-refractivity contribution in [3.63, 3.8) is 0 Å². The topological polar surface area (TPSA) is 88.2 Å². The van der Waals surface area contributed by atoms with Crippen molar-refractivity contribution in [3.8, 4) is 17.0 Å². The third-order valence-corrected chi connectivity index (χ3v) is 4.27. The molecule has 2 aliphatic rings. The smallest absolute Gasteiger partial charge is 0.410 e. The van der Waals surface area contributed by atoms with Gasteiger partial charge in [-0.2, -0.15) is 0 Å². The Morgan fingerprint density at radius 1 is 1.29 bits per heavy atom. The van der Waals surface area contributed by atoms with E-state index in [0.29, 0.717) is 24.3 Å². The molecule has 1 amide bonds. The molecule has 0 radical (unpaired) electrons. The van der Waals surface area contributed by atoms with Gasteiger partial charge in [0.15, 0.2) is 0 Å². The summed E-state index contributed by atoms with van der Waals surface area (Å²) in [5.74, 6) is 1.21. The van der Waals surface area contributed by atoms with Crippen molar-refractivity contribution in [1.29, 1.82) is 0 Å². The molecule has 1 unspecified atom stereocenters. The number of benzene rings is 1. The van der Waals surface area contributed by atoms with Crippen LogP contribution in [0.4, 0.5) is 10.7 Å². The number of anilines is 1. The second kappa shape index (κ2) is 6.45. The van der Waals surface area contributed by atoms with Gasteiger partial charge in [-0.05, 0) is 31.5 Å². The maximum absolute atomic E-state index is 11.4. The summed E-state index contributed by atoms with van der Waals surface area (Å²) in [5, 5.41) is 9.40. The first-order chi connectivity index (χ1) is 11.8. The van der Waals surface area contributed by atoms with Crippen LogP contribution in [0.1, 0.15) is 18.4 Å². The lowest BCUT2D eigenvalue weighted by atomic mass is 10.1. The number of carbonyl (C=O) groups is 1. The fraction of sp³-hybridized carbons (Fsp3) is 0.353. The Balaban J connectivity index is 1.56. The van der Waals surface area contributed by atoms with Crippen LogP contribution in [-0.2, 0) is 6.54 Å². The van der Waals surface area contributed by atoms with Crippen LogP contribution in [0.25, 0.3) is 11.3 Å². The molecule has 0 saturated carbocycles. The Morgan fingerprint density at radius 3 is 3.12 bits per heavy atom. The molecule has 1 fully saturated rings. The molecule has 1 atom stereocenters. The van der Waals surface area contributed by atoms with Gasteiger partial charge in [-0.1, -0.05) is 12.1 Å². The van der Waals surface area contributed by atoms with E-state index in [4.69, 9.17) is 4.74 Å². The number of ether oxygens (including phenoxy) is 1. The van der Waals surface area contributed by atoms with Crippen LogP contribution >= 0.6 is 0 Å². The fourth-order valence-corrected chi connectivity index (χ4v) is 3.00. The highest BCUT2D eigenvalue weighted by molar-refractivity contribution is 5.74. The summed E-state index contributed by atoms with van der Waals surface area (Å²) in [7, 11) is 0. The van der Waals surface area contributed by atoms with E-state index in [0.717, 1.165) is 42.8 Å². The molecule has 4 rings (SSSR count). The number of aromatic nitrogens is 2. The summed E-state index contributed by atoms with van der Waals surface area (Å²) >= 11 is 0. The third kappa shape index (κ3) is 3.16. The molecule has 0 aliphatic carbocycles. The minimum atomic E-state index is -0.422. The number of fused-ring (bicyclic) bond motifs is 1. The van der Waals surface area contributed by atoms with E-state index in [-0.39, 0.29) is 0 Å². The van der Waals surface area contributed by atoms with E-state index < -0.39 is 6.09 Å². The Morgan fingerprint density at radius 2 is 2.25 bits per heavy atom. The number of nitrogens with one attached hydrogen (secondary N) is 3. The third-order valence-electron chi connectivity index (χ3n) is 4.27. The molecule has 0 bridgehead atoms. The zero-order chi connectivity index (χ0) is 16.4. The Kier molecular flexibility index (Phi) is 4.00. The zero-order valence-corrected chi connectivity index (χ0v) is 13.2. The standard InChI is InChI=1S/C17H19N5O2/c23-17-20-9-12-4-3-11(8-15(12)24-17)14-5-7-19-16(22-14)21-13-2-1-6-18-10-13/h3-5,7-8,13,18H,1-2,6,9-10H2,(H,20,23)(H,19,21,22). The minimum absolute atomic E-state index is 0.351. The number of nitrogens with zero attached hydrogens (tertiary/aromatic N) is 2. The molecule has 7 heteroatoms. The largest absolute Gasteiger partial charge is 0.412 e. The lowest BCUT2D eigenvalue weighted by Crippen LogP contribution is -2.38. The molecule has 0 spiro atoms. The average molecular weight is 325 g/mol. The highest BCUT2D eigenvalue weighted by atomic mass is 16.6. The summed E-state index contributed by atoms with van der Waals surface area (Å²) in [5.41, 5.74) is 2.66. The maximum Gasteiger partial charge on any atom is 0.412 e. The number of hydrogen-bond acceptors (Lipinski definition) is 6. The van der Waals surface area contributed by atoms with Gasteiger partial charge in [-0.15, -0.1) is 0 Å². The summed E-state index contributed by atoms with van der Waals surface area (Å²) in [6.45, 7) is 2.48. The van der Waals surface area contributed by atoms with E-state index in [2.05, 4.69) is 25.9 Å². The van der Waals surface area contributed by atoms with Gasteiger partial charge >= 0.3 is 6.09 Å². The van der Waals surface area contributed by atoms with Crippen molar-refractivity contribution < 1.29 is 9.53 Å². The Bertz CT molecular complexity index is 758. The summed E-state index contributed by atoms with van der Waals surface area (Å²) in [4.78, 5) is 20.3. The van der Waals surface area contributed by atoms with E-state index in [1.165, 1.54) is 0 Å². The number of hydrogen-bond donors (Lipinski definition) is 3. The van der Waals surface area contributed by atoms with Gasteiger partial charge in [0.25, 0.3) is 0 Å². The van der Waals surface area contributed by atoms with Gasteiger partial charge in [-0.25, -0.2) is 14.8 Å². The van der Waals surface area contributed by atoms with Gasteiger partial charge in [0, 0.05) is 36.5 Å². The van der Waals surface area contributed by atoms with Gasteiger partial charge in [0.1, 0.15) is 5.75 Å². The van der Waals surface area contributed by atoms with Crippen molar-refractivity contribution >= 4 is 12.0 Å². The second-order valence-corrected chi connectivity index (χ2v) is 6.02. The first-order valence-electron chi connectivity index (χ1n) is 8.17. The number of carbonyl (C=O) groups excluding carboxylic acids is 1. The Labute approximate surface area is 139 Å².